The van der Waals surface area contributed by atoms with Crippen LogP contribution in [-0.2, 0) is 0 Å². The van der Waals surface area contributed by atoms with E-state index >= 15 is 0 Å². The van der Waals surface area contributed by atoms with Gasteiger partial charge < -0.3 is 24.3 Å². The number of halogens is 2. The Morgan fingerprint density at radius 3 is 2.31 bits per heavy atom. The molecule has 0 bridgehead atoms. The van der Waals surface area contributed by atoms with Gasteiger partial charge in [-0.3, -0.25) is 0 Å². The van der Waals surface area contributed by atoms with Crippen LogP contribution in [0.25, 0.3) is 11.1 Å². The Kier molecular flexibility index (Phi) is 6.14. The minimum absolute atomic E-state index is 0.0632. The summed E-state index contributed by atoms with van der Waals surface area (Å²) < 4.78 is 48.4. The summed E-state index contributed by atoms with van der Waals surface area (Å²) >= 11 is 0. The number of para-hydroxylation sites is 1. The molecule has 0 spiro atoms. The van der Waals surface area contributed by atoms with Crippen LogP contribution < -0.4 is 24.3 Å². The van der Waals surface area contributed by atoms with Crippen LogP contribution in [-0.4, -0.2) is 20.8 Å². The van der Waals surface area contributed by atoms with Gasteiger partial charge in [-0.15, -0.1) is 0 Å². The Bertz CT molecular complexity index is 1340. The zero-order chi connectivity index (χ0) is 24.4. The SMILES string of the molecule is COc1ccc(C2Oc3cccc(OC(F)F)c3-c3ccc(Nc4ccccc4)cc32)cc1OC. The lowest BCUT2D eigenvalue weighted by Crippen LogP contribution is -2.17. The van der Waals surface area contributed by atoms with Gasteiger partial charge >= 0.3 is 6.61 Å². The number of alkyl halides is 2. The largest absolute Gasteiger partial charge is 0.493 e. The number of hydrogen-bond donors (Lipinski definition) is 1. The molecule has 0 aliphatic carbocycles. The maximum atomic E-state index is 13.2. The summed E-state index contributed by atoms with van der Waals surface area (Å²) in [6.07, 6.45) is -0.517. The number of rotatable bonds is 7. The highest BCUT2D eigenvalue weighted by atomic mass is 19.3. The number of anilines is 2. The monoisotopic (exact) mass is 475 g/mol. The van der Waals surface area contributed by atoms with E-state index in [1.807, 2.05) is 66.7 Å². The molecule has 0 saturated heterocycles. The average molecular weight is 475 g/mol. The van der Waals surface area contributed by atoms with Crippen LogP contribution in [0.1, 0.15) is 17.2 Å². The van der Waals surface area contributed by atoms with Crippen LogP contribution >= 0.6 is 0 Å². The van der Waals surface area contributed by atoms with E-state index < -0.39 is 12.7 Å². The van der Waals surface area contributed by atoms with Gasteiger partial charge in [0.2, 0.25) is 0 Å². The van der Waals surface area contributed by atoms with Crippen molar-refractivity contribution in [2.24, 2.45) is 0 Å². The Morgan fingerprint density at radius 2 is 1.57 bits per heavy atom. The summed E-state index contributed by atoms with van der Waals surface area (Å²) in [6, 6.07) is 26.0. The summed E-state index contributed by atoms with van der Waals surface area (Å²) in [5.41, 5.74) is 4.63. The maximum absolute atomic E-state index is 13.2. The molecule has 0 saturated carbocycles. The predicted molar refractivity (Wildman–Crippen MR) is 130 cm³/mol. The first kappa shape index (κ1) is 22.5. The number of fused-ring (bicyclic) bond motifs is 3. The summed E-state index contributed by atoms with van der Waals surface area (Å²) in [4.78, 5) is 0. The third-order valence-electron chi connectivity index (χ3n) is 5.83. The van der Waals surface area contributed by atoms with E-state index in [1.54, 1.807) is 26.4 Å². The molecular weight excluding hydrogens is 452 g/mol. The number of hydrogen-bond acceptors (Lipinski definition) is 5. The van der Waals surface area contributed by atoms with Crippen molar-refractivity contribution in [3.8, 4) is 34.1 Å². The van der Waals surface area contributed by atoms with Crippen LogP contribution in [0.3, 0.4) is 0 Å². The lowest BCUT2D eigenvalue weighted by molar-refractivity contribution is -0.0496. The second kappa shape index (κ2) is 9.54. The van der Waals surface area contributed by atoms with Crippen molar-refractivity contribution in [2.45, 2.75) is 12.7 Å². The molecule has 0 amide bonds. The first-order chi connectivity index (χ1) is 17.1. The van der Waals surface area contributed by atoms with E-state index in [0.717, 1.165) is 28.1 Å². The van der Waals surface area contributed by atoms with Gasteiger partial charge in [-0.1, -0.05) is 36.4 Å². The molecule has 0 fully saturated rings. The van der Waals surface area contributed by atoms with Crippen molar-refractivity contribution in [1.29, 1.82) is 0 Å². The number of ether oxygens (including phenoxy) is 4. The molecule has 4 aromatic carbocycles. The zero-order valence-corrected chi connectivity index (χ0v) is 19.1. The minimum atomic E-state index is -2.95. The van der Waals surface area contributed by atoms with Crippen molar-refractivity contribution in [1.82, 2.24) is 0 Å². The number of benzene rings is 4. The summed E-state index contributed by atoms with van der Waals surface area (Å²) in [7, 11) is 3.15. The highest BCUT2D eigenvalue weighted by Crippen LogP contribution is 2.50. The molecule has 1 atom stereocenters. The normalized spacial score (nSPS) is 13.9. The second-order valence-corrected chi connectivity index (χ2v) is 7.91. The zero-order valence-electron chi connectivity index (χ0n) is 19.1. The molecule has 0 radical (unpaired) electrons. The first-order valence-corrected chi connectivity index (χ1v) is 11.0. The van der Waals surface area contributed by atoms with E-state index in [1.165, 1.54) is 6.07 Å². The Labute approximate surface area is 201 Å². The number of nitrogens with one attached hydrogen (secondary N) is 1. The molecule has 35 heavy (non-hydrogen) atoms. The van der Waals surface area contributed by atoms with E-state index in [9.17, 15) is 8.78 Å². The van der Waals surface area contributed by atoms with Gasteiger partial charge in [0.15, 0.2) is 11.5 Å². The van der Waals surface area contributed by atoms with E-state index in [-0.39, 0.29) is 5.75 Å². The quantitative estimate of drug-likeness (QED) is 0.306. The van der Waals surface area contributed by atoms with Crippen LogP contribution in [0.5, 0.6) is 23.0 Å². The molecule has 1 aliphatic heterocycles. The van der Waals surface area contributed by atoms with E-state index in [0.29, 0.717) is 22.8 Å². The van der Waals surface area contributed by atoms with Crippen LogP contribution in [0.4, 0.5) is 20.2 Å². The topological polar surface area (TPSA) is 49.0 Å². The summed E-state index contributed by atoms with van der Waals surface area (Å²) in [6.45, 7) is -2.95. The highest BCUT2D eigenvalue weighted by molar-refractivity contribution is 5.83. The fourth-order valence-electron chi connectivity index (χ4n) is 4.30. The standard InChI is InChI=1S/C28H23F2NO4/c1-32-22-14-11-17(15-25(22)33-2)27-21-16-19(31-18-7-4-3-5-8-18)12-13-20(21)26-23(34-27)9-6-10-24(26)35-28(29)30/h3-16,27-28,31H,1-2H3. The summed E-state index contributed by atoms with van der Waals surface area (Å²) in [5, 5.41) is 3.39. The first-order valence-electron chi connectivity index (χ1n) is 11.0. The molecular formula is C28H23F2NO4. The Morgan fingerprint density at radius 1 is 0.771 bits per heavy atom. The molecule has 0 aromatic heterocycles. The van der Waals surface area contributed by atoms with Crippen molar-refractivity contribution in [3.05, 3.63) is 96.1 Å². The fourth-order valence-corrected chi connectivity index (χ4v) is 4.30. The second-order valence-electron chi connectivity index (χ2n) is 7.91. The third-order valence-corrected chi connectivity index (χ3v) is 5.83. The fraction of sp³-hybridized carbons (Fsp3) is 0.143. The van der Waals surface area contributed by atoms with Gasteiger partial charge in [-0.2, -0.15) is 8.78 Å². The van der Waals surface area contributed by atoms with Gasteiger partial charge in [-0.25, -0.2) is 0 Å². The van der Waals surface area contributed by atoms with Crippen molar-refractivity contribution in [3.63, 3.8) is 0 Å². The maximum Gasteiger partial charge on any atom is 0.387 e. The van der Waals surface area contributed by atoms with Gasteiger partial charge in [-0.05, 0) is 54.1 Å². The van der Waals surface area contributed by atoms with Gasteiger partial charge in [0.05, 0.1) is 19.8 Å². The molecule has 7 heteroatoms. The van der Waals surface area contributed by atoms with Crippen molar-refractivity contribution >= 4 is 11.4 Å². The lowest BCUT2D eigenvalue weighted by Gasteiger charge is -2.31. The van der Waals surface area contributed by atoms with Gasteiger partial charge in [0.25, 0.3) is 0 Å². The Balaban J connectivity index is 1.65. The molecule has 4 aromatic rings. The van der Waals surface area contributed by atoms with Gasteiger partial charge in [0.1, 0.15) is 17.6 Å². The lowest BCUT2D eigenvalue weighted by atomic mass is 9.88. The van der Waals surface area contributed by atoms with Crippen molar-refractivity contribution in [2.75, 3.05) is 19.5 Å². The smallest absolute Gasteiger partial charge is 0.387 e. The molecule has 1 unspecified atom stereocenters. The van der Waals surface area contributed by atoms with E-state index in [2.05, 4.69) is 5.32 Å². The minimum Gasteiger partial charge on any atom is -0.493 e. The van der Waals surface area contributed by atoms with Crippen LogP contribution in [0.2, 0.25) is 0 Å². The number of methoxy groups -OCH3 is 2. The molecule has 1 aliphatic rings. The third kappa shape index (κ3) is 4.45. The highest BCUT2D eigenvalue weighted by Gasteiger charge is 2.31. The van der Waals surface area contributed by atoms with Crippen LogP contribution in [0.15, 0.2) is 84.9 Å². The van der Waals surface area contributed by atoms with Gasteiger partial charge in [0, 0.05) is 22.5 Å². The molecule has 1 N–H and O–H groups in total. The van der Waals surface area contributed by atoms with Crippen molar-refractivity contribution < 1.29 is 27.7 Å². The van der Waals surface area contributed by atoms with E-state index in [4.69, 9.17) is 18.9 Å². The summed E-state index contributed by atoms with van der Waals surface area (Å²) in [5.74, 6) is 1.68. The van der Waals surface area contributed by atoms with Crippen LogP contribution in [0, 0.1) is 0 Å². The predicted octanol–water partition coefficient (Wildman–Crippen LogP) is 7.20. The molecule has 5 rings (SSSR count). The molecule has 178 valence electrons. The molecule has 5 nitrogen and oxygen atoms in total. The molecule has 1 heterocycles. The average Bonchev–Trinajstić information content (AvgIpc) is 2.88. The Hall–Kier alpha value is -4.26.